The second kappa shape index (κ2) is 14.0. The molecule has 1 heterocycles. The highest BCUT2D eigenvalue weighted by atomic mass is 32.2. The quantitative estimate of drug-likeness (QED) is 0.266. The molecule has 4 saturated carbocycles. The van der Waals surface area contributed by atoms with Crippen LogP contribution in [0.2, 0.25) is 0 Å². The van der Waals surface area contributed by atoms with E-state index in [2.05, 4.69) is 44.0 Å². The number of rotatable bonds is 9. The van der Waals surface area contributed by atoms with Crippen molar-refractivity contribution < 1.29 is 23.1 Å². The summed E-state index contributed by atoms with van der Waals surface area (Å²) in [6.07, 6.45) is 15.6. The number of carbonyl (C=O) groups is 1. The molecule has 0 amide bonds. The van der Waals surface area contributed by atoms with Gasteiger partial charge in [-0.3, -0.25) is 4.90 Å². The van der Waals surface area contributed by atoms with E-state index >= 15 is 0 Å². The fourth-order valence-corrected chi connectivity index (χ4v) is 15.4. The Morgan fingerprint density at radius 2 is 1.56 bits per heavy atom. The van der Waals surface area contributed by atoms with Gasteiger partial charge in [-0.05, 0) is 151 Å². The number of ether oxygens (including phenoxy) is 1. The molecule has 0 bridgehead atoms. The molecule has 8 atom stereocenters. The first-order valence-electron chi connectivity index (χ1n) is 20.9. The van der Waals surface area contributed by atoms with Gasteiger partial charge >= 0.3 is 5.97 Å². The largest absolute Gasteiger partial charge is 0.497 e. The molecule has 2 aromatic rings. The van der Waals surface area contributed by atoms with Gasteiger partial charge in [0.1, 0.15) is 5.75 Å². The summed E-state index contributed by atoms with van der Waals surface area (Å²) in [5.41, 5.74) is 3.87. The van der Waals surface area contributed by atoms with Gasteiger partial charge in [-0.1, -0.05) is 52.3 Å². The van der Waals surface area contributed by atoms with Gasteiger partial charge < -0.3 is 15.2 Å². The van der Waals surface area contributed by atoms with Crippen LogP contribution in [0.25, 0.3) is 5.57 Å². The number of piperazine rings is 1. The molecule has 1 saturated heterocycles. The van der Waals surface area contributed by atoms with E-state index in [1.165, 1.54) is 68.9 Å². The summed E-state index contributed by atoms with van der Waals surface area (Å²) < 4.78 is 33.5. The molecule has 294 valence electrons. The average Bonchev–Trinajstić information content (AvgIpc) is 3.59. The van der Waals surface area contributed by atoms with Gasteiger partial charge in [0.15, 0.2) is 0 Å². The van der Waals surface area contributed by atoms with Crippen LogP contribution in [0.15, 0.2) is 59.5 Å². The second-order valence-corrected chi connectivity index (χ2v) is 20.9. The summed E-state index contributed by atoms with van der Waals surface area (Å²) in [4.78, 5) is 14.3. The van der Waals surface area contributed by atoms with Crippen molar-refractivity contribution in [3.63, 3.8) is 0 Å². The van der Waals surface area contributed by atoms with E-state index in [0.717, 1.165) is 56.3 Å². The number of nitrogens with one attached hydrogen (secondary N) is 1. The Morgan fingerprint density at radius 3 is 2.24 bits per heavy atom. The number of methoxy groups -OCH3 is 1. The maximum atomic E-state index is 13.3. The predicted molar refractivity (Wildman–Crippen MR) is 214 cm³/mol. The topological polar surface area (TPSA) is 99.2 Å². The first-order chi connectivity index (χ1) is 25.7. The van der Waals surface area contributed by atoms with Crippen LogP contribution in [0, 0.1) is 45.8 Å². The summed E-state index contributed by atoms with van der Waals surface area (Å²) in [6.45, 7) is 14.8. The molecule has 6 aliphatic rings. The number of hydrogen-bond acceptors (Lipinski definition) is 6. The molecule has 5 fully saturated rings. The van der Waals surface area contributed by atoms with Crippen molar-refractivity contribution in [1.82, 2.24) is 14.5 Å². The third-order valence-electron chi connectivity index (χ3n) is 16.5. The molecule has 8 rings (SSSR count). The minimum absolute atomic E-state index is 0.0322. The van der Waals surface area contributed by atoms with Crippen molar-refractivity contribution in [3.05, 3.63) is 65.7 Å². The molecule has 2 aromatic carbocycles. The van der Waals surface area contributed by atoms with E-state index in [1.54, 1.807) is 47.8 Å². The van der Waals surface area contributed by atoms with E-state index < -0.39 is 16.0 Å². The monoisotopic (exact) mass is 757 g/mol. The fourth-order valence-electron chi connectivity index (χ4n) is 14.0. The van der Waals surface area contributed by atoms with Gasteiger partial charge in [0.05, 0.1) is 17.6 Å². The maximum Gasteiger partial charge on any atom is 0.335 e. The molecule has 5 aliphatic carbocycles. The lowest BCUT2D eigenvalue weighted by Gasteiger charge is -2.68. The molecule has 8 nitrogen and oxygen atoms in total. The molecule has 54 heavy (non-hydrogen) atoms. The molecular weight excluding hydrogens is 695 g/mol. The molecule has 2 N–H and O–H groups in total. The number of carboxylic acid groups (broad SMARTS) is 1. The van der Waals surface area contributed by atoms with Crippen LogP contribution in [-0.4, -0.2) is 80.6 Å². The minimum atomic E-state index is -3.50. The van der Waals surface area contributed by atoms with Gasteiger partial charge in [0.2, 0.25) is 10.0 Å². The van der Waals surface area contributed by atoms with Gasteiger partial charge in [-0.2, -0.15) is 4.31 Å². The number of sulfonamides is 1. The van der Waals surface area contributed by atoms with Crippen LogP contribution < -0.4 is 10.1 Å². The van der Waals surface area contributed by atoms with E-state index in [1.807, 2.05) is 12.1 Å². The smallest absolute Gasteiger partial charge is 0.335 e. The minimum Gasteiger partial charge on any atom is -0.497 e. The number of carboxylic acids is 1. The Hall–Kier alpha value is -2.72. The highest BCUT2D eigenvalue weighted by Gasteiger charge is 2.65. The summed E-state index contributed by atoms with van der Waals surface area (Å²) in [5, 5.41) is 13.7. The zero-order valence-electron chi connectivity index (χ0n) is 33.3. The van der Waals surface area contributed by atoms with Crippen LogP contribution in [0.5, 0.6) is 5.75 Å². The van der Waals surface area contributed by atoms with Crippen molar-refractivity contribution >= 4 is 21.6 Å². The van der Waals surface area contributed by atoms with Crippen molar-refractivity contribution in [2.75, 3.05) is 46.4 Å². The SMILES string of the molecule is COc1ccc(S(=O)(=O)N2CCN(CCN[C@]34CCCC3[C@H]3CCC5[C@@](C)(CCC6C(C)(C)C(c7ccc(C(=O)O)cc7)=CC[C@@]65C)C3CC4)CC2)cc1. The number of allylic oxidation sites excluding steroid dienone is 2. The number of nitrogens with zero attached hydrogens (tertiary/aromatic N) is 2. The zero-order valence-corrected chi connectivity index (χ0v) is 34.1. The molecule has 0 radical (unpaired) electrons. The molecule has 0 spiro atoms. The van der Waals surface area contributed by atoms with Gasteiger partial charge in [0.25, 0.3) is 0 Å². The number of hydrogen-bond donors (Lipinski definition) is 2. The first-order valence-corrected chi connectivity index (χ1v) is 22.3. The normalized spacial score (nSPS) is 36.6. The lowest BCUT2D eigenvalue weighted by molar-refractivity contribution is -0.172. The summed E-state index contributed by atoms with van der Waals surface area (Å²) >= 11 is 0. The van der Waals surface area contributed by atoms with Crippen LogP contribution >= 0.6 is 0 Å². The Bertz CT molecular complexity index is 1850. The summed E-state index contributed by atoms with van der Waals surface area (Å²) in [5.74, 6) is 3.49. The van der Waals surface area contributed by atoms with Crippen LogP contribution in [0.1, 0.15) is 108 Å². The summed E-state index contributed by atoms with van der Waals surface area (Å²) in [6, 6.07) is 14.3. The van der Waals surface area contributed by atoms with Crippen LogP contribution in [-0.2, 0) is 10.0 Å². The van der Waals surface area contributed by atoms with Gasteiger partial charge in [0, 0.05) is 44.8 Å². The van der Waals surface area contributed by atoms with Gasteiger partial charge in [-0.25, -0.2) is 13.2 Å². The molecule has 0 aromatic heterocycles. The van der Waals surface area contributed by atoms with E-state index in [4.69, 9.17) is 4.74 Å². The van der Waals surface area contributed by atoms with Crippen LogP contribution in [0.4, 0.5) is 0 Å². The Morgan fingerprint density at radius 1 is 0.833 bits per heavy atom. The maximum absolute atomic E-state index is 13.3. The molecule has 9 heteroatoms. The first kappa shape index (κ1) is 38.2. The lowest BCUT2D eigenvalue weighted by atomic mass is 9.37. The molecular formula is C45H63N3O5S. The fraction of sp³-hybridized carbons (Fsp3) is 0.667. The summed E-state index contributed by atoms with van der Waals surface area (Å²) in [7, 11) is -1.91. The highest BCUT2D eigenvalue weighted by molar-refractivity contribution is 7.89. The molecule has 4 unspecified atom stereocenters. The Balaban J connectivity index is 0.904. The van der Waals surface area contributed by atoms with Crippen molar-refractivity contribution in [2.24, 2.45) is 45.8 Å². The Kier molecular flexibility index (Phi) is 9.92. The zero-order chi connectivity index (χ0) is 38.1. The number of aromatic carboxylic acids is 1. The van der Waals surface area contributed by atoms with Crippen LogP contribution in [0.3, 0.4) is 0 Å². The van der Waals surface area contributed by atoms with Crippen molar-refractivity contribution in [2.45, 2.75) is 102 Å². The average molecular weight is 758 g/mol. The second-order valence-electron chi connectivity index (χ2n) is 19.0. The number of benzene rings is 2. The third kappa shape index (κ3) is 6.19. The van der Waals surface area contributed by atoms with Gasteiger partial charge in [-0.15, -0.1) is 0 Å². The highest BCUT2D eigenvalue weighted by Crippen LogP contribution is 2.72. The van der Waals surface area contributed by atoms with E-state index in [0.29, 0.717) is 40.6 Å². The number of fused-ring (bicyclic) bond motifs is 7. The lowest BCUT2D eigenvalue weighted by Crippen LogP contribution is -2.64. The van der Waals surface area contributed by atoms with E-state index in [9.17, 15) is 18.3 Å². The Labute approximate surface area is 324 Å². The predicted octanol–water partition coefficient (Wildman–Crippen LogP) is 8.20. The third-order valence-corrected chi connectivity index (χ3v) is 18.4. The van der Waals surface area contributed by atoms with Crippen molar-refractivity contribution in [1.29, 1.82) is 0 Å². The molecule has 1 aliphatic heterocycles. The standard InChI is InChI=1S/C45H63N3O5S/c1-42(2)36(31-8-10-32(11-9-31)41(49)50)18-22-44(4)39(42)20-23-43(3)37-19-24-45(21-6-7-38(45)35(37)16-17-40(43)44)46-25-26-47-27-29-48(30-28-47)54(51,52)34-14-12-33(53-5)13-15-34/h8-15,18,35,37-40,46H,6-7,16-17,19-30H2,1-5H3,(H,49,50)/t35-,37?,38?,39?,40?,43-,44-,45-/m0/s1. The van der Waals surface area contributed by atoms with E-state index in [-0.39, 0.29) is 16.4 Å². The van der Waals surface area contributed by atoms with Crippen molar-refractivity contribution in [3.8, 4) is 5.75 Å².